The molecule has 4 aromatic rings. The Balaban J connectivity index is 1.80. The lowest BCUT2D eigenvalue weighted by atomic mass is 10.0. The molecule has 0 saturated carbocycles. The molecule has 0 fully saturated rings. The number of hydrogen-bond donors (Lipinski definition) is 1. The van der Waals surface area contributed by atoms with Crippen LogP contribution < -0.4 is 9.62 Å². The highest BCUT2D eigenvalue weighted by molar-refractivity contribution is 9.10. The Morgan fingerprint density at radius 3 is 2.11 bits per heavy atom. The fraction of sp³-hybridized carbons (Fsp3) is 0.278. The Kier molecular flexibility index (Phi) is 11.6. The minimum atomic E-state index is -4.14. The van der Waals surface area contributed by atoms with Crippen molar-refractivity contribution in [3.8, 4) is 0 Å². The third-order valence-corrected chi connectivity index (χ3v) is 9.66. The van der Waals surface area contributed by atoms with Crippen molar-refractivity contribution in [2.24, 2.45) is 5.92 Å². The van der Waals surface area contributed by atoms with E-state index in [4.69, 9.17) is 0 Å². The molecule has 45 heavy (non-hydrogen) atoms. The predicted octanol–water partition coefficient (Wildman–Crippen LogP) is 6.67. The summed E-state index contributed by atoms with van der Waals surface area (Å²) in [5, 5.41) is 3.01. The molecule has 0 radical (unpaired) electrons. The fourth-order valence-electron chi connectivity index (χ4n) is 4.96. The molecule has 0 heterocycles. The van der Waals surface area contributed by atoms with E-state index in [2.05, 4.69) is 21.2 Å². The zero-order valence-electron chi connectivity index (χ0n) is 26.1. The number of anilines is 1. The van der Waals surface area contributed by atoms with Gasteiger partial charge in [-0.3, -0.25) is 13.9 Å². The van der Waals surface area contributed by atoms with Crippen LogP contribution in [0.4, 0.5) is 5.69 Å². The average Bonchev–Trinajstić information content (AvgIpc) is 3.01. The highest BCUT2D eigenvalue weighted by Crippen LogP contribution is 2.26. The summed E-state index contributed by atoms with van der Waals surface area (Å²) in [5.74, 6) is -0.579. The minimum Gasteiger partial charge on any atom is -0.354 e. The number of rotatable bonds is 13. The van der Waals surface area contributed by atoms with E-state index in [-0.39, 0.29) is 29.7 Å². The van der Waals surface area contributed by atoms with Gasteiger partial charge in [0, 0.05) is 24.0 Å². The van der Waals surface area contributed by atoms with E-state index in [1.807, 2.05) is 88.4 Å². The second-order valence-electron chi connectivity index (χ2n) is 11.7. The smallest absolute Gasteiger partial charge is 0.264 e. The van der Waals surface area contributed by atoms with Gasteiger partial charge in [0.25, 0.3) is 10.0 Å². The van der Waals surface area contributed by atoms with Gasteiger partial charge in [0.15, 0.2) is 0 Å². The standard InChI is InChI=1S/C36H40BrN3O4S/c1-26(2)23-38-36(42)34(22-29-11-6-5-7-12-29)39(24-30-13-9-14-31(37)21-30)35(41)25-40(32-15-8-10-28(4)20-32)45(43,44)33-18-16-27(3)17-19-33/h5-21,26,34H,22-25H2,1-4H3,(H,38,42)/t34-/m0/s1. The topological polar surface area (TPSA) is 86.8 Å². The number of nitrogens with zero attached hydrogens (tertiary/aromatic N) is 2. The first-order chi connectivity index (χ1) is 21.4. The van der Waals surface area contributed by atoms with Crippen LogP contribution in [0.5, 0.6) is 0 Å². The van der Waals surface area contributed by atoms with Crippen LogP contribution in [-0.2, 0) is 32.6 Å². The quantitative estimate of drug-likeness (QED) is 0.170. The van der Waals surface area contributed by atoms with Crippen molar-refractivity contribution in [2.75, 3.05) is 17.4 Å². The summed E-state index contributed by atoms with van der Waals surface area (Å²) in [6.07, 6.45) is 0.264. The third-order valence-electron chi connectivity index (χ3n) is 7.38. The van der Waals surface area contributed by atoms with E-state index >= 15 is 0 Å². The number of aryl methyl sites for hydroxylation is 2. The molecule has 7 nitrogen and oxygen atoms in total. The minimum absolute atomic E-state index is 0.0801. The summed E-state index contributed by atoms with van der Waals surface area (Å²) in [6, 6.07) is 29.8. The van der Waals surface area contributed by atoms with Gasteiger partial charge in [0.2, 0.25) is 11.8 Å². The molecular formula is C36H40BrN3O4S. The molecule has 0 aliphatic rings. The first-order valence-corrected chi connectivity index (χ1v) is 17.2. The summed E-state index contributed by atoms with van der Waals surface area (Å²) in [6.45, 7) is 7.83. The molecule has 4 rings (SSSR count). The van der Waals surface area contributed by atoms with Gasteiger partial charge in [-0.05, 0) is 72.9 Å². The van der Waals surface area contributed by atoms with Crippen LogP contribution in [0.25, 0.3) is 0 Å². The molecule has 1 atom stereocenters. The Morgan fingerprint density at radius 1 is 0.800 bits per heavy atom. The number of nitrogens with one attached hydrogen (secondary N) is 1. The van der Waals surface area contributed by atoms with Crippen LogP contribution in [0.2, 0.25) is 0 Å². The van der Waals surface area contributed by atoms with Gasteiger partial charge in [0.1, 0.15) is 12.6 Å². The predicted molar refractivity (Wildman–Crippen MR) is 183 cm³/mol. The van der Waals surface area contributed by atoms with E-state index in [0.717, 1.165) is 31.0 Å². The largest absolute Gasteiger partial charge is 0.354 e. The highest BCUT2D eigenvalue weighted by Gasteiger charge is 2.34. The van der Waals surface area contributed by atoms with Gasteiger partial charge >= 0.3 is 0 Å². The third kappa shape index (κ3) is 9.28. The maximum absolute atomic E-state index is 14.5. The van der Waals surface area contributed by atoms with Gasteiger partial charge in [-0.1, -0.05) is 102 Å². The van der Waals surface area contributed by atoms with Gasteiger partial charge in [0.05, 0.1) is 10.6 Å². The van der Waals surface area contributed by atoms with E-state index in [1.165, 1.54) is 4.90 Å². The monoisotopic (exact) mass is 689 g/mol. The first-order valence-electron chi connectivity index (χ1n) is 15.0. The lowest BCUT2D eigenvalue weighted by Crippen LogP contribution is -2.53. The van der Waals surface area contributed by atoms with E-state index in [9.17, 15) is 18.0 Å². The van der Waals surface area contributed by atoms with Crippen molar-refractivity contribution in [3.05, 3.63) is 130 Å². The van der Waals surface area contributed by atoms with E-state index < -0.39 is 28.5 Å². The Labute approximate surface area is 275 Å². The van der Waals surface area contributed by atoms with Crippen molar-refractivity contribution < 1.29 is 18.0 Å². The zero-order chi connectivity index (χ0) is 32.6. The van der Waals surface area contributed by atoms with Crippen molar-refractivity contribution in [1.29, 1.82) is 0 Å². The number of carbonyl (C=O) groups is 2. The van der Waals surface area contributed by atoms with E-state index in [1.54, 1.807) is 42.5 Å². The van der Waals surface area contributed by atoms with Crippen LogP contribution in [0, 0.1) is 19.8 Å². The molecule has 236 valence electrons. The molecular weight excluding hydrogens is 650 g/mol. The number of carbonyl (C=O) groups excluding carboxylic acids is 2. The lowest BCUT2D eigenvalue weighted by molar-refractivity contribution is -0.140. The number of benzene rings is 4. The molecule has 0 saturated heterocycles. The average molecular weight is 691 g/mol. The summed E-state index contributed by atoms with van der Waals surface area (Å²) >= 11 is 3.51. The summed E-state index contributed by atoms with van der Waals surface area (Å²) < 4.78 is 30.3. The summed E-state index contributed by atoms with van der Waals surface area (Å²) in [4.78, 5) is 30.0. The van der Waals surface area contributed by atoms with Crippen LogP contribution >= 0.6 is 15.9 Å². The number of sulfonamides is 1. The van der Waals surface area contributed by atoms with Crippen molar-refractivity contribution >= 4 is 43.5 Å². The van der Waals surface area contributed by atoms with Crippen LogP contribution in [-0.4, -0.2) is 44.3 Å². The zero-order valence-corrected chi connectivity index (χ0v) is 28.5. The molecule has 0 bridgehead atoms. The van der Waals surface area contributed by atoms with Gasteiger partial charge in [-0.15, -0.1) is 0 Å². The highest BCUT2D eigenvalue weighted by atomic mass is 79.9. The SMILES string of the molecule is Cc1ccc(S(=O)(=O)N(CC(=O)N(Cc2cccc(Br)c2)[C@@H](Cc2ccccc2)C(=O)NCC(C)C)c2cccc(C)c2)cc1. The van der Waals surface area contributed by atoms with Crippen LogP contribution in [0.1, 0.15) is 36.1 Å². The molecule has 0 spiro atoms. The van der Waals surface area contributed by atoms with Crippen molar-refractivity contribution in [1.82, 2.24) is 10.2 Å². The van der Waals surface area contributed by atoms with Crippen molar-refractivity contribution in [3.63, 3.8) is 0 Å². The molecule has 0 aliphatic carbocycles. The lowest BCUT2D eigenvalue weighted by Gasteiger charge is -2.34. The molecule has 0 aromatic heterocycles. The van der Waals surface area contributed by atoms with Gasteiger partial charge in [-0.25, -0.2) is 8.42 Å². The summed E-state index contributed by atoms with van der Waals surface area (Å²) in [5.41, 5.74) is 3.83. The maximum atomic E-state index is 14.5. The molecule has 0 unspecified atom stereocenters. The van der Waals surface area contributed by atoms with Crippen LogP contribution in [0.3, 0.4) is 0 Å². The van der Waals surface area contributed by atoms with Gasteiger partial charge < -0.3 is 10.2 Å². The normalized spacial score (nSPS) is 12.0. The second-order valence-corrected chi connectivity index (χ2v) is 14.4. The maximum Gasteiger partial charge on any atom is 0.264 e. The number of hydrogen-bond acceptors (Lipinski definition) is 4. The molecule has 0 aliphatic heterocycles. The Bertz CT molecular complexity index is 1710. The van der Waals surface area contributed by atoms with Gasteiger partial charge in [-0.2, -0.15) is 0 Å². The number of halogens is 1. The molecule has 9 heteroatoms. The van der Waals surface area contributed by atoms with Crippen LogP contribution in [0.15, 0.2) is 112 Å². The number of amides is 2. The fourth-order valence-corrected chi connectivity index (χ4v) is 6.81. The Hall–Kier alpha value is -3.95. The van der Waals surface area contributed by atoms with Crippen molar-refractivity contribution in [2.45, 2.75) is 51.6 Å². The molecule has 4 aromatic carbocycles. The first kappa shape index (κ1) is 33.9. The Morgan fingerprint density at radius 2 is 1.47 bits per heavy atom. The second kappa shape index (κ2) is 15.4. The van der Waals surface area contributed by atoms with E-state index in [0.29, 0.717) is 12.2 Å². The molecule has 1 N–H and O–H groups in total. The summed E-state index contributed by atoms with van der Waals surface area (Å²) in [7, 11) is -4.14. The molecule has 2 amide bonds.